The first-order valence-corrected chi connectivity index (χ1v) is 10.7. The highest BCUT2D eigenvalue weighted by Crippen LogP contribution is 2.47. The highest BCUT2D eigenvalue weighted by molar-refractivity contribution is 8.04. The summed E-state index contributed by atoms with van der Waals surface area (Å²) in [4.78, 5) is 12.5. The molecular formula is C22H31N3S. The molecule has 0 saturated heterocycles. The lowest BCUT2D eigenvalue weighted by atomic mass is 9.97. The number of fused-ring (bicyclic) bond motifs is 2. The molecule has 3 rings (SSSR count). The van der Waals surface area contributed by atoms with Gasteiger partial charge in [-0.25, -0.2) is 0 Å². The van der Waals surface area contributed by atoms with Gasteiger partial charge in [0.1, 0.15) is 0 Å². The van der Waals surface area contributed by atoms with Crippen LogP contribution >= 0.6 is 11.8 Å². The van der Waals surface area contributed by atoms with Crippen LogP contribution in [0.1, 0.15) is 40.2 Å². The van der Waals surface area contributed by atoms with E-state index >= 15 is 0 Å². The molecule has 1 aliphatic heterocycles. The summed E-state index contributed by atoms with van der Waals surface area (Å²) in [7, 11) is 0. The van der Waals surface area contributed by atoms with Gasteiger partial charge in [0, 0.05) is 53.3 Å². The van der Waals surface area contributed by atoms with Gasteiger partial charge >= 0.3 is 0 Å². The molecule has 1 atom stereocenters. The minimum atomic E-state index is 0.355. The second-order valence-corrected chi connectivity index (χ2v) is 8.03. The van der Waals surface area contributed by atoms with Gasteiger partial charge in [0.05, 0.1) is 11.4 Å². The van der Waals surface area contributed by atoms with E-state index in [0.717, 1.165) is 31.9 Å². The van der Waals surface area contributed by atoms with Crippen molar-refractivity contribution in [2.75, 3.05) is 31.1 Å². The molecule has 1 aromatic carbocycles. The third-order valence-electron chi connectivity index (χ3n) is 5.34. The molecule has 1 aromatic rings. The molecule has 0 saturated carbocycles. The summed E-state index contributed by atoms with van der Waals surface area (Å²) in [6, 6.07) is 4.61. The number of aryl methyl sites for hydroxylation is 1. The molecule has 1 aliphatic carbocycles. The number of benzene rings is 1. The molecule has 0 amide bonds. The maximum Gasteiger partial charge on any atom is 0.0803 e. The summed E-state index contributed by atoms with van der Waals surface area (Å²) in [5.74, 6) is 0.355. The van der Waals surface area contributed by atoms with E-state index in [-0.39, 0.29) is 0 Å². The number of hydrogen-bond acceptors (Lipinski definition) is 4. The highest BCUT2D eigenvalue weighted by atomic mass is 32.2. The molecule has 3 nitrogen and oxygen atoms in total. The quantitative estimate of drug-likeness (QED) is 0.633. The molecule has 0 aromatic heterocycles. The Morgan fingerprint density at radius 2 is 1.65 bits per heavy atom. The topological polar surface area (TPSA) is 18.8 Å². The Hall–Kier alpha value is -1.68. The van der Waals surface area contributed by atoms with E-state index in [9.17, 15) is 0 Å². The lowest BCUT2D eigenvalue weighted by molar-refractivity contribution is 0.391. The molecular weight excluding hydrogens is 338 g/mol. The summed E-state index contributed by atoms with van der Waals surface area (Å²) in [5.41, 5.74) is 6.29. The summed E-state index contributed by atoms with van der Waals surface area (Å²) < 4.78 is 0. The van der Waals surface area contributed by atoms with Crippen molar-refractivity contribution >= 4 is 28.8 Å². The Labute approximate surface area is 162 Å². The van der Waals surface area contributed by atoms with Crippen molar-refractivity contribution in [1.29, 1.82) is 0 Å². The zero-order chi connectivity index (χ0) is 18.8. The van der Waals surface area contributed by atoms with Gasteiger partial charge in [0.25, 0.3) is 0 Å². The molecule has 1 heterocycles. The van der Waals surface area contributed by atoms with Gasteiger partial charge in [-0.3, -0.25) is 4.99 Å². The first-order chi connectivity index (χ1) is 12.5. The van der Waals surface area contributed by atoms with Gasteiger partial charge < -0.3 is 9.80 Å². The molecule has 26 heavy (non-hydrogen) atoms. The van der Waals surface area contributed by atoms with E-state index in [0.29, 0.717) is 5.92 Å². The van der Waals surface area contributed by atoms with Crippen molar-refractivity contribution in [3.63, 3.8) is 0 Å². The van der Waals surface area contributed by atoms with Crippen molar-refractivity contribution < 1.29 is 0 Å². The second kappa shape index (κ2) is 7.91. The average Bonchev–Trinajstić information content (AvgIpc) is 2.63. The van der Waals surface area contributed by atoms with E-state index < -0.39 is 0 Å². The van der Waals surface area contributed by atoms with Gasteiger partial charge in [-0.1, -0.05) is 24.8 Å². The molecule has 4 heteroatoms. The van der Waals surface area contributed by atoms with Crippen LogP contribution in [0.2, 0.25) is 0 Å². The second-order valence-electron chi connectivity index (χ2n) is 6.94. The predicted octanol–water partition coefficient (Wildman–Crippen LogP) is 5.78. The first kappa shape index (κ1) is 19.1. The molecule has 2 aliphatic rings. The Kier molecular flexibility index (Phi) is 5.81. The molecule has 0 spiro atoms. The molecule has 1 unspecified atom stereocenters. The number of nitrogens with zero attached hydrogens (tertiary/aromatic N) is 3. The van der Waals surface area contributed by atoms with E-state index in [2.05, 4.69) is 75.6 Å². The predicted molar refractivity (Wildman–Crippen MR) is 116 cm³/mol. The van der Waals surface area contributed by atoms with E-state index in [1.54, 1.807) is 0 Å². The van der Waals surface area contributed by atoms with E-state index in [1.807, 2.05) is 11.8 Å². The van der Waals surface area contributed by atoms with Gasteiger partial charge in [-0.2, -0.15) is 0 Å². The van der Waals surface area contributed by atoms with Crippen LogP contribution in [0.3, 0.4) is 0 Å². The number of likely N-dealkylation sites (N-methyl/N-ethyl adjacent to an activating group) is 1. The molecule has 0 bridgehead atoms. The Morgan fingerprint density at radius 1 is 1.00 bits per heavy atom. The van der Waals surface area contributed by atoms with Crippen LogP contribution in [0.25, 0.3) is 0 Å². The SMILES string of the molecule is CCN(CC)C1=CC(C)C2=Nc3c(C)cc(N(CC)CC)cc3SC2=C1. The zero-order valence-electron chi connectivity index (χ0n) is 17.0. The van der Waals surface area contributed by atoms with Crippen LogP contribution in [0.15, 0.2) is 44.8 Å². The first-order valence-electron chi connectivity index (χ1n) is 9.87. The molecule has 0 radical (unpaired) electrons. The monoisotopic (exact) mass is 369 g/mol. The highest BCUT2D eigenvalue weighted by Gasteiger charge is 2.27. The molecule has 0 fully saturated rings. The standard InChI is InChI=1S/C22H31N3S/c1-7-24(8-2)17-11-15(5)21-19(13-17)26-20-14-18(25(9-3)10-4)12-16(6)22(20)23-21/h11-15H,7-10H2,1-6H3. The number of aliphatic imine (C=N–C) groups is 1. The van der Waals surface area contributed by atoms with Crippen LogP contribution in [0.5, 0.6) is 0 Å². The van der Waals surface area contributed by atoms with Crippen LogP contribution in [-0.4, -0.2) is 36.8 Å². The number of allylic oxidation sites excluding steroid dienone is 3. The Balaban J connectivity index is 2.02. The van der Waals surface area contributed by atoms with Crippen LogP contribution in [0.4, 0.5) is 11.4 Å². The van der Waals surface area contributed by atoms with E-state index in [4.69, 9.17) is 4.99 Å². The average molecular weight is 370 g/mol. The molecule has 0 N–H and O–H groups in total. The summed E-state index contributed by atoms with van der Waals surface area (Å²) in [6.45, 7) is 17.5. The lowest BCUT2D eigenvalue weighted by Crippen LogP contribution is -2.26. The van der Waals surface area contributed by atoms with Crippen molar-refractivity contribution in [2.24, 2.45) is 10.9 Å². The van der Waals surface area contributed by atoms with Crippen LogP contribution < -0.4 is 4.90 Å². The zero-order valence-corrected chi connectivity index (χ0v) is 17.8. The van der Waals surface area contributed by atoms with Crippen molar-refractivity contribution in [1.82, 2.24) is 4.90 Å². The number of rotatable bonds is 6. The van der Waals surface area contributed by atoms with Gasteiger partial charge in [-0.05, 0) is 58.4 Å². The largest absolute Gasteiger partial charge is 0.372 e. The smallest absolute Gasteiger partial charge is 0.0803 e. The fourth-order valence-electron chi connectivity index (χ4n) is 3.80. The summed E-state index contributed by atoms with van der Waals surface area (Å²) >= 11 is 1.89. The number of thioether (sulfide) groups is 1. The molecule has 140 valence electrons. The summed E-state index contributed by atoms with van der Waals surface area (Å²) in [6.07, 6.45) is 4.69. The fourth-order valence-corrected chi connectivity index (χ4v) is 5.04. The minimum absolute atomic E-state index is 0.355. The Morgan fingerprint density at radius 3 is 2.27 bits per heavy atom. The lowest BCUT2D eigenvalue weighted by Gasteiger charge is -2.31. The maximum atomic E-state index is 5.09. The normalized spacial score (nSPS) is 18.4. The number of anilines is 1. The van der Waals surface area contributed by atoms with Crippen molar-refractivity contribution in [3.8, 4) is 0 Å². The van der Waals surface area contributed by atoms with Crippen molar-refractivity contribution in [2.45, 2.75) is 46.4 Å². The Bertz CT molecular complexity index is 768. The van der Waals surface area contributed by atoms with Gasteiger partial charge in [0.15, 0.2) is 0 Å². The maximum absolute atomic E-state index is 5.09. The third-order valence-corrected chi connectivity index (χ3v) is 6.42. The van der Waals surface area contributed by atoms with Crippen molar-refractivity contribution in [3.05, 3.63) is 40.5 Å². The third kappa shape index (κ3) is 3.44. The van der Waals surface area contributed by atoms with Crippen LogP contribution in [0, 0.1) is 12.8 Å². The van der Waals surface area contributed by atoms with Gasteiger partial charge in [-0.15, -0.1) is 0 Å². The number of hydrogen-bond donors (Lipinski definition) is 0. The van der Waals surface area contributed by atoms with Crippen LogP contribution in [-0.2, 0) is 0 Å². The summed E-state index contributed by atoms with van der Waals surface area (Å²) in [5, 5.41) is 0. The van der Waals surface area contributed by atoms with E-state index in [1.165, 1.54) is 32.5 Å². The van der Waals surface area contributed by atoms with Gasteiger partial charge in [0.2, 0.25) is 0 Å². The fraction of sp³-hybridized carbons (Fsp3) is 0.500. The minimum Gasteiger partial charge on any atom is -0.372 e.